The van der Waals surface area contributed by atoms with E-state index in [1.165, 1.54) is 19.3 Å². The molecule has 1 aliphatic heterocycles. The Kier molecular flexibility index (Phi) is 6.22. The van der Waals surface area contributed by atoms with Crippen LogP contribution in [0, 0.1) is 0 Å². The first kappa shape index (κ1) is 14.7. The predicted molar refractivity (Wildman–Crippen MR) is 59.8 cm³/mol. The van der Waals surface area contributed by atoms with E-state index < -0.39 is 6.36 Å². The smallest absolute Gasteiger partial charge is 0.311 e. The van der Waals surface area contributed by atoms with Gasteiger partial charge in [0.1, 0.15) is 0 Å². The summed E-state index contributed by atoms with van der Waals surface area (Å²) >= 11 is 0. The van der Waals surface area contributed by atoms with Gasteiger partial charge in [-0.2, -0.15) is 0 Å². The molecule has 1 atom stereocenters. The monoisotopic (exact) mass is 254 g/mol. The zero-order valence-electron chi connectivity index (χ0n) is 10.2. The van der Waals surface area contributed by atoms with E-state index >= 15 is 0 Å². The molecule has 0 amide bonds. The van der Waals surface area contributed by atoms with Gasteiger partial charge in [0.15, 0.2) is 0 Å². The molecule has 0 aromatic rings. The maximum atomic E-state index is 11.7. The van der Waals surface area contributed by atoms with Gasteiger partial charge in [-0.15, -0.1) is 13.2 Å². The molecule has 0 aliphatic carbocycles. The standard InChI is InChI=1S/C11H21F3N2O/c1-10(9-16-6-3-2-4-7-16)15-5-8-17-11(12,13)14/h10,15H,2-9H2,1H3. The molecular formula is C11H21F3N2O. The third kappa shape index (κ3) is 7.57. The van der Waals surface area contributed by atoms with Crippen molar-refractivity contribution in [3.8, 4) is 0 Å². The lowest BCUT2D eigenvalue weighted by Gasteiger charge is -2.29. The molecule has 102 valence electrons. The summed E-state index contributed by atoms with van der Waals surface area (Å²) in [5, 5.41) is 3.04. The average Bonchev–Trinajstić information content (AvgIpc) is 2.25. The Bertz CT molecular complexity index is 205. The lowest BCUT2D eigenvalue weighted by Crippen LogP contribution is -2.42. The van der Waals surface area contributed by atoms with Crippen LogP contribution in [0.5, 0.6) is 0 Å². The molecule has 1 saturated heterocycles. The van der Waals surface area contributed by atoms with Crippen molar-refractivity contribution in [2.24, 2.45) is 0 Å². The lowest BCUT2D eigenvalue weighted by atomic mass is 10.1. The maximum Gasteiger partial charge on any atom is 0.522 e. The number of hydrogen-bond acceptors (Lipinski definition) is 3. The van der Waals surface area contributed by atoms with Crippen molar-refractivity contribution >= 4 is 0 Å². The van der Waals surface area contributed by atoms with Gasteiger partial charge in [0.25, 0.3) is 0 Å². The van der Waals surface area contributed by atoms with Crippen LogP contribution < -0.4 is 5.32 Å². The van der Waals surface area contributed by atoms with Gasteiger partial charge in [0, 0.05) is 19.1 Å². The Balaban J connectivity index is 2.02. The van der Waals surface area contributed by atoms with E-state index in [0.717, 1.165) is 19.6 Å². The molecule has 6 heteroatoms. The van der Waals surface area contributed by atoms with E-state index in [9.17, 15) is 13.2 Å². The van der Waals surface area contributed by atoms with Crippen LogP contribution >= 0.6 is 0 Å². The molecule has 1 unspecified atom stereocenters. The largest absolute Gasteiger partial charge is 0.522 e. The second kappa shape index (κ2) is 7.18. The summed E-state index contributed by atoms with van der Waals surface area (Å²) in [5.41, 5.74) is 0. The third-order valence-corrected chi connectivity index (χ3v) is 2.84. The van der Waals surface area contributed by atoms with Crippen LogP contribution in [0.25, 0.3) is 0 Å². The van der Waals surface area contributed by atoms with Gasteiger partial charge in [-0.25, -0.2) is 0 Å². The van der Waals surface area contributed by atoms with Crippen molar-refractivity contribution in [3.05, 3.63) is 0 Å². The predicted octanol–water partition coefficient (Wildman–Crippen LogP) is 1.99. The van der Waals surface area contributed by atoms with E-state index in [1.807, 2.05) is 6.92 Å². The first-order valence-electron chi connectivity index (χ1n) is 6.14. The maximum absolute atomic E-state index is 11.7. The summed E-state index contributed by atoms with van der Waals surface area (Å²) in [7, 11) is 0. The van der Waals surface area contributed by atoms with Crippen molar-refractivity contribution in [3.63, 3.8) is 0 Å². The Morgan fingerprint density at radius 3 is 2.47 bits per heavy atom. The first-order valence-corrected chi connectivity index (χ1v) is 6.14. The Morgan fingerprint density at radius 2 is 1.88 bits per heavy atom. The number of nitrogens with zero attached hydrogens (tertiary/aromatic N) is 1. The lowest BCUT2D eigenvalue weighted by molar-refractivity contribution is -0.323. The number of likely N-dealkylation sites (tertiary alicyclic amines) is 1. The van der Waals surface area contributed by atoms with Crippen LogP contribution in [0.3, 0.4) is 0 Å². The molecule has 1 N–H and O–H groups in total. The first-order chi connectivity index (χ1) is 7.97. The van der Waals surface area contributed by atoms with Crippen molar-refractivity contribution < 1.29 is 17.9 Å². The quantitative estimate of drug-likeness (QED) is 0.734. The second-order valence-electron chi connectivity index (χ2n) is 4.51. The van der Waals surface area contributed by atoms with Gasteiger partial charge in [-0.1, -0.05) is 6.42 Å². The number of halogens is 3. The highest BCUT2D eigenvalue weighted by atomic mass is 19.4. The second-order valence-corrected chi connectivity index (χ2v) is 4.51. The van der Waals surface area contributed by atoms with Gasteiger partial charge in [-0.05, 0) is 32.9 Å². The summed E-state index contributed by atoms with van der Waals surface area (Å²) in [6, 6.07) is 0.199. The summed E-state index contributed by atoms with van der Waals surface area (Å²) in [5.74, 6) is 0. The molecule has 1 rings (SSSR count). The van der Waals surface area contributed by atoms with Gasteiger partial charge >= 0.3 is 6.36 Å². The molecule has 3 nitrogen and oxygen atoms in total. The molecule has 1 aliphatic rings. The molecule has 0 bridgehead atoms. The minimum Gasteiger partial charge on any atom is -0.311 e. The number of piperidine rings is 1. The Hall–Kier alpha value is -0.330. The van der Waals surface area contributed by atoms with E-state index in [0.29, 0.717) is 0 Å². The molecule has 17 heavy (non-hydrogen) atoms. The highest BCUT2D eigenvalue weighted by Crippen LogP contribution is 2.15. The van der Waals surface area contributed by atoms with E-state index in [2.05, 4.69) is 15.0 Å². The van der Waals surface area contributed by atoms with Gasteiger partial charge in [0.05, 0.1) is 6.61 Å². The summed E-state index contributed by atoms with van der Waals surface area (Å²) in [4.78, 5) is 2.35. The van der Waals surface area contributed by atoms with E-state index in [4.69, 9.17) is 0 Å². The summed E-state index contributed by atoms with van der Waals surface area (Å²) in [6.45, 7) is 4.99. The molecule has 0 spiro atoms. The molecule has 0 radical (unpaired) electrons. The third-order valence-electron chi connectivity index (χ3n) is 2.84. The zero-order valence-corrected chi connectivity index (χ0v) is 10.2. The van der Waals surface area contributed by atoms with Crippen LogP contribution in [0.4, 0.5) is 13.2 Å². The van der Waals surface area contributed by atoms with Gasteiger partial charge < -0.3 is 10.2 Å². The SMILES string of the molecule is CC(CN1CCCCC1)NCCOC(F)(F)F. The molecule has 0 aromatic carbocycles. The number of ether oxygens (including phenoxy) is 1. The van der Waals surface area contributed by atoms with Crippen molar-refractivity contribution in [2.75, 3.05) is 32.8 Å². The van der Waals surface area contributed by atoms with Crippen molar-refractivity contribution in [2.45, 2.75) is 38.6 Å². The molecule has 0 aromatic heterocycles. The normalized spacial score (nSPS) is 20.5. The summed E-state index contributed by atoms with van der Waals surface area (Å²) < 4.78 is 38.8. The fraction of sp³-hybridized carbons (Fsp3) is 1.00. The topological polar surface area (TPSA) is 24.5 Å². The van der Waals surface area contributed by atoms with Gasteiger partial charge in [0.2, 0.25) is 0 Å². The minimum absolute atomic E-state index is 0.199. The highest BCUT2D eigenvalue weighted by molar-refractivity contribution is 4.70. The fourth-order valence-electron chi connectivity index (χ4n) is 2.07. The molecule has 1 fully saturated rings. The number of hydrogen-bond donors (Lipinski definition) is 1. The number of rotatable bonds is 6. The van der Waals surface area contributed by atoms with E-state index in [-0.39, 0.29) is 19.2 Å². The molecular weight excluding hydrogens is 233 g/mol. The highest BCUT2D eigenvalue weighted by Gasteiger charge is 2.28. The van der Waals surface area contributed by atoms with Crippen molar-refractivity contribution in [1.29, 1.82) is 0 Å². The fourth-order valence-corrected chi connectivity index (χ4v) is 2.07. The molecule has 0 saturated carbocycles. The minimum atomic E-state index is -4.52. The van der Waals surface area contributed by atoms with Crippen LogP contribution in [0.2, 0.25) is 0 Å². The Labute approximate surface area is 100 Å². The molecule has 1 heterocycles. The van der Waals surface area contributed by atoms with Crippen LogP contribution in [-0.4, -0.2) is 50.1 Å². The van der Waals surface area contributed by atoms with Crippen molar-refractivity contribution in [1.82, 2.24) is 10.2 Å². The van der Waals surface area contributed by atoms with Gasteiger partial charge in [-0.3, -0.25) is 4.74 Å². The average molecular weight is 254 g/mol. The number of nitrogens with one attached hydrogen (secondary N) is 1. The number of alkyl halides is 3. The van der Waals surface area contributed by atoms with Crippen LogP contribution in [0.1, 0.15) is 26.2 Å². The summed E-state index contributed by atoms with van der Waals surface area (Å²) in [6.07, 6.45) is -0.774. The van der Waals surface area contributed by atoms with E-state index in [1.54, 1.807) is 0 Å². The zero-order chi connectivity index (χ0) is 12.7. The Morgan fingerprint density at radius 1 is 1.24 bits per heavy atom. The van der Waals surface area contributed by atoms with Crippen LogP contribution in [0.15, 0.2) is 0 Å². The van der Waals surface area contributed by atoms with Crippen LogP contribution in [-0.2, 0) is 4.74 Å².